The Morgan fingerprint density at radius 1 is 1.05 bits per heavy atom. The van der Waals surface area contributed by atoms with Gasteiger partial charge in [-0.15, -0.1) is 0 Å². The average molecular weight is 270 g/mol. The van der Waals surface area contributed by atoms with E-state index in [9.17, 15) is 0 Å². The Kier molecular flexibility index (Phi) is 5.84. The molecule has 1 fully saturated rings. The molecule has 0 saturated carbocycles. The summed E-state index contributed by atoms with van der Waals surface area (Å²) in [5, 5.41) is 0. The SMILES string of the molecule is CN(C1CCN(CCOC(C)(C)C)CC1)C(C)(C)C. The highest BCUT2D eigenvalue weighted by Crippen LogP contribution is 2.22. The third-order valence-corrected chi connectivity index (χ3v) is 4.11. The molecule has 1 aliphatic rings. The molecule has 1 heterocycles. The molecule has 0 N–H and O–H groups in total. The number of hydrogen-bond acceptors (Lipinski definition) is 3. The van der Waals surface area contributed by atoms with Gasteiger partial charge in [0.25, 0.3) is 0 Å². The zero-order valence-electron chi connectivity index (χ0n) is 14.1. The van der Waals surface area contributed by atoms with Crippen LogP contribution in [0.3, 0.4) is 0 Å². The second kappa shape index (κ2) is 6.55. The number of likely N-dealkylation sites (tertiary alicyclic amines) is 1. The molecule has 3 heteroatoms. The molecule has 3 nitrogen and oxygen atoms in total. The average Bonchev–Trinajstić information content (AvgIpc) is 2.26. The highest BCUT2D eigenvalue weighted by Gasteiger charge is 2.28. The number of hydrogen-bond donors (Lipinski definition) is 0. The molecule has 0 bridgehead atoms. The van der Waals surface area contributed by atoms with Crippen molar-refractivity contribution in [1.29, 1.82) is 0 Å². The Morgan fingerprint density at radius 3 is 2.00 bits per heavy atom. The van der Waals surface area contributed by atoms with Gasteiger partial charge >= 0.3 is 0 Å². The van der Waals surface area contributed by atoms with Gasteiger partial charge in [0.1, 0.15) is 0 Å². The van der Waals surface area contributed by atoms with Gasteiger partial charge in [0, 0.05) is 18.1 Å². The summed E-state index contributed by atoms with van der Waals surface area (Å²) in [7, 11) is 2.27. The van der Waals surface area contributed by atoms with Crippen LogP contribution >= 0.6 is 0 Å². The minimum Gasteiger partial charge on any atom is -0.375 e. The van der Waals surface area contributed by atoms with E-state index < -0.39 is 0 Å². The first kappa shape index (κ1) is 16.9. The fraction of sp³-hybridized carbons (Fsp3) is 1.00. The van der Waals surface area contributed by atoms with Gasteiger partial charge in [0.2, 0.25) is 0 Å². The molecule has 0 radical (unpaired) electrons. The van der Waals surface area contributed by atoms with Crippen LogP contribution in [0, 0.1) is 0 Å². The molecule has 0 aromatic heterocycles. The van der Waals surface area contributed by atoms with Crippen molar-refractivity contribution in [2.45, 2.75) is 71.6 Å². The van der Waals surface area contributed by atoms with Gasteiger partial charge in [-0.25, -0.2) is 0 Å². The summed E-state index contributed by atoms with van der Waals surface area (Å²) < 4.78 is 5.81. The van der Waals surface area contributed by atoms with Crippen molar-refractivity contribution in [2.24, 2.45) is 0 Å². The van der Waals surface area contributed by atoms with Crippen LogP contribution in [0.4, 0.5) is 0 Å². The summed E-state index contributed by atoms with van der Waals surface area (Å²) in [6, 6.07) is 0.736. The predicted octanol–water partition coefficient (Wildman–Crippen LogP) is 3.00. The Morgan fingerprint density at radius 2 is 1.58 bits per heavy atom. The number of rotatable bonds is 4. The maximum absolute atomic E-state index is 5.81. The van der Waals surface area contributed by atoms with Crippen molar-refractivity contribution in [2.75, 3.05) is 33.3 Å². The van der Waals surface area contributed by atoms with Crippen molar-refractivity contribution in [1.82, 2.24) is 9.80 Å². The molecule has 19 heavy (non-hydrogen) atoms. The Bertz CT molecular complexity index is 257. The van der Waals surface area contributed by atoms with Gasteiger partial charge in [0.05, 0.1) is 12.2 Å². The van der Waals surface area contributed by atoms with Crippen LogP contribution in [0.1, 0.15) is 54.4 Å². The quantitative estimate of drug-likeness (QED) is 0.781. The van der Waals surface area contributed by atoms with E-state index >= 15 is 0 Å². The van der Waals surface area contributed by atoms with Crippen LogP contribution in [0.5, 0.6) is 0 Å². The second-order valence-corrected chi connectivity index (χ2v) is 7.82. The minimum absolute atomic E-state index is 0.00915. The largest absolute Gasteiger partial charge is 0.375 e. The van der Waals surface area contributed by atoms with Gasteiger partial charge in [-0.05, 0) is 74.5 Å². The van der Waals surface area contributed by atoms with Crippen molar-refractivity contribution in [3.05, 3.63) is 0 Å². The standard InChI is InChI=1S/C16H34N2O/c1-15(2,3)17(7)14-8-10-18(11-9-14)12-13-19-16(4,5)6/h14H,8-13H2,1-7H3. The molecule has 0 unspecified atom stereocenters. The Hall–Kier alpha value is -0.120. The lowest BCUT2D eigenvalue weighted by Crippen LogP contribution is -2.50. The Labute approximate surface area is 120 Å². The fourth-order valence-corrected chi connectivity index (χ4v) is 2.56. The van der Waals surface area contributed by atoms with E-state index in [1.807, 2.05) is 0 Å². The van der Waals surface area contributed by atoms with Gasteiger partial charge in [0.15, 0.2) is 0 Å². The van der Waals surface area contributed by atoms with Gasteiger partial charge in [-0.3, -0.25) is 4.90 Å². The fourth-order valence-electron chi connectivity index (χ4n) is 2.56. The van der Waals surface area contributed by atoms with Gasteiger partial charge in [-0.2, -0.15) is 0 Å². The Balaban J connectivity index is 2.26. The van der Waals surface area contributed by atoms with Crippen molar-refractivity contribution in [3.63, 3.8) is 0 Å². The van der Waals surface area contributed by atoms with Crippen molar-refractivity contribution in [3.8, 4) is 0 Å². The number of nitrogens with zero attached hydrogens (tertiary/aromatic N) is 2. The smallest absolute Gasteiger partial charge is 0.0600 e. The molecule has 0 aromatic rings. The molecule has 114 valence electrons. The number of piperidine rings is 1. The zero-order valence-corrected chi connectivity index (χ0v) is 14.1. The third kappa shape index (κ3) is 6.24. The zero-order chi connectivity index (χ0) is 14.7. The molecule has 0 spiro atoms. The first-order valence-corrected chi connectivity index (χ1v) is 7.69. The second-order valence-electron chi connectivity index (χ2n) is 7.82. The van der Waals surface area contributed by atoms with Gasteiger partial charge < -0.3 is 9.64 Å². The first-order chi connectivity index (χ1) is 8.59. The minimum atomic E-state index is -0.00915. The van der Waals surface area contributed by atoms with E-state index in [2.05, 4.69) is 58.4 Å². The van der Waals surface area contributed by atoms with Crippen molar-refractivity contribution < 1.29 is 4.74 Å². The molecular formula is C16H34N2O. The summed E-state index contributed by atoms with van der Waals surface area (Å²) in [6.07, 6.45) is 2.56. The van der Waals surface area contributed by atoms with E-state index in [1.54, 1.807) is 0 Å². The molecule has 0 atom stereocenters. The van der Waals surface area contributed by atoms with E-state index in [4.69, 9.17) is 4.74 Å². The van der Waals surface area contributed by atoms with Crippen molar-refractivity contribution >= 4 is 0 Å². The van der Waals surface area contributed by atoms with E-state index in [0.29, 0.717) is 0 Å². The molecule has 1 saturated heterocycles. The lowest BCUT2D eigenvalue weighted by Gasteiger charge is -2.43. The highest BCUT2D eigenvalue weighted by atomic mass is 16.5. The van der Waals surface area contributed by atoms with Crippen LogP contribution in [-0.2, 0) is 4.74 Å². The number of ether oxygens (including phenoxy) is 1. The summed E-state index contributed by atoms with van der Waals surface area (Å²) >= 11 is 0. The molecule has 0 aromatic carbocycles. The highest BCUT2D eigenvalue weighted by molar-refractivity contribution is 4.84. The van der Waals surface area contributed by atoms with Crippen LogP contribution in [0.25, 0.3) is 0 Å². The molecule has 0 amide bonds. The monoisotopic (exact) mass is 270 g/mol. The van der Waals surface area contributed by atoms with Crippen LogP contribution < -0.4 is 0 Å². The lowest BCUT2D eigenvalue weighted by molar-refractivity contribution is -0.0194. The topological polar surface area (TPSA) is 15.7 Å². The lowest BCUT2D eigenvalue weighted by atomic mass is 9.97. The summed E-state index contributed by atoms with van der Waals surface area (Å²) in [4.78, 5) is 5.08. The van der Waals surface area contributed by atoms with Crippen LogP contribution in [0.2, 0.25) is 0 Å². The molecule has 0 aliphatic carbocycles. The maximum atomic E-state index is 5.81. The van der Waals surface area contributed by atoms with E-state index in [0.717, 1.165) is 19.2 Å². The molecule has 1 aliphatic heterocycles. The van der Waals surface area contributed by atoms with E-state index in [1.165, 1.54) is 25.9 Å². The molecular weight excluding hydrogens is 236 g/mol. The van der Waals surface area contributed by atoms with E-state index in [-0.39, 0.29) is 11.1 Å². The first-order valence-electron chi connectivity index (χ1n) is 7.69. The summed E-state index contributed by atoms with van der Waals surface area (Å²) in [5.74, 6) is 0. The maximum Gasteiger partial charge on any atom is 0.0600 e. The molecule has 1 rings (SSSR count). The summed E-state index contributed by atoms with van der Waals surface area (Å²) in [6.45, 7) is 17.6. The third-order valence-electron chi connectivity index (χ3n) is 4.11. The summed E-state index contributed by atoms with van der Waals surface area (Å²) in [5.41, 5.74) is 0.271. The van der Waals surface area contributed by atoms with Crippen LogP contribution in [0.15, 0.2) is 0 Å². The predicted molar refractivity (Wildman–Crippen MR) is 82.7 cm³/mol. The normalized spacial score (nSPS) is 20.2. The van der Waals surface area contributed by atoms with Crippen LogP contribution in [-0.4, -0.2) is 60.3 Å². The van der Waals surface area contributed by atoms with Gasteiger partial charge in [-0.1, -0.05) is 0 Å².